The molecule has 1 aromatic heterocycles. The molecule has 0 aromatic carbocycles. The molecule has 0 bridgehead atoms. The molecule has 0 fully saturated rings. The lowest BCUT2D eigenvalue weighted by Gasteiger charge is -2.25. The zero-order chi connectivity index (χ0) is 13.9. The van der Waals surface area contributed by atoms with E-state index in [0.29, 0.717) is 0 Å². The summed E-state index contributed by atoms with van der Waals surface area (Å²) in [5, 5.41) is 4.04. The van der Waals surface area contributed by atoms with Crippen molar-refractivity contribution in [2.45, 2.75) is 57.9 Å². The van der Waals surface area contributed by atoms with Gasteiger partial charge in [-0.1, -0.05) is 22.4 Å². The summed E-state index contributed by atoms with van der Waals surface area (Å²) in [6.45, 7) is 4.15. The number of carbonyl (C=O) groups is 1. The van der Waals surface area contributed by atoms with Crippen molar-refractivity contribution >= 4 is 33.2 Å². The van der Waals surface area contributed by atoms with Crippen molar-refractivity contribution in [2.75, 3.05) is 5.33 Å². The number of rotatable bonds is 4. The van der Waals surface area contributed by atoms with E-state index in [1.807, 2.05) is 0 Å². The summed E-state index contributed by atoms with van der Waals surface area (Å²) in [6.07, 6.45) is 7.08. The Balaban J connectivity index is 2.08. The molecule has 0 spiro atoms. The molecule has 0 aliphatic heterocycles. The predicted molar refractivity (Wildman–Crippen MR) is 85.5 cm³/mol. The first-order valence-electron chi connectivity index (χ1n) is 7.02. The van der Waals surface area contributed by atoms with Crippen LogP contribution >= 0.6 is 27.3 Å². The number of fused-ring (bicyclic) bond motifs is 1. The molecule has 0 saturated heterocycles. The molecular formula is C15H22BrNOS. The van der Waals surface area contributed by atoms with Crippen LogP contribution in [0.1, 0.15) is 59.6 Å². The third-order valence-corrected chi connectivity index (χ3v) is 5.27. The molecule has 0 saturated carbocycles. The van der Waals surface area contributed by atoms with Crippen molar-refractivity contribution in [2.24, 2.45) is 0 Å². The fourth-order valence-electron chi connectivity index (χ4n) is 2.45. The fourth-order valence-corrected chi connectivity index (χ4v) is 4.59. The highest BCUT2D eigenvalue weighted by atomic mass is 79.9. The highest BCUT2D eigenvalue weighted by molar-refractivity contribution is 9.09. The molecule has 1 aliphatic carbocycles. The molecule has 0 unspecified atom stereocenters. The Kier molecular flexibility index (Phi) is 5.07. The first kappa shape index (κ1) is 15.0. The topological polar surface area (TPSA) is 29.1 Å². The van der Waals surface area contributed by atoms with Crippen molar-refractivity contribution in [3.8, 4) is 0 Å². The monoisotopic (exact) mass is 343 g/mol. The standard InChI is InChI=1S/C15H22BrNOS/c1-15(2,8-9-16)17-14(18)13-10-11-6-4-3-5-7-12(11)19-13/h10H,3-9H2,1-2H3,(H,17,18). The van der Waals surface area contributed by atoms with Crippen LogP contribution in [0, 0.1) is 0 Å². The molecule has 1 amide bonds. The number of alkyl halides is 1. The van der Waals surface area contributed by atoms with Gasteiger partial charge in [0.25, 0.3) is 5.91 Å². The molecule has 2 rings (SSSR count). The second-order valence-corrected chi connectivity index (χ2v) is 7.83. The molecular weight excluding hydrogens is 322 g/mol. The lowest BCUT2D eigenvalue weighted by molar-refractivity contribution is 0.0916. The van der Waals surface area contributed by atoms with Crippen molar-refractivity contribution in [1.29, 1.82) is 0 Å². The van der Waals surface area contributed by atoms with Crippen LogP contribution in [0.2, 0.25) is 0 Å². The summed E-state index contributed by atoms with van der Waals surface area (Å²) in [4.78, 5) is 14.6. The molecule has 1 heterocycles. The number of halogens is 1. The largest absolute Gasteiger partial charge is 0.346 e. The van der Waals surface area contributed by atoms with Crippen LogP contribution < -0.4 is 5.32 Å². The normalized spacial score (nSPS) is 15.7. The van der Waals surface area contributed by atoms with E-state index in [9.17, 15) is 4.79 Å². The molecule has 0 radical (unpaired) electrons. The molecule has 19 heavy (non-hydrogen) atoms. The Labute approximate surface area is 128 Å². The summed E-state index contributed by atoms with van der Waals surface area (Å²) in [5.41, 5.74) is 1.26. The van der Waals surface area contributed by atoms with E-state index >= 15 is 0 Å². The van der Waals surface area contributed by atoms with Gasteiger partial charge in [0, 0.05) is 15.7 Å². The minimum Gasteiger partial charge on any atom is -0.346 e. The number of thiophene rings is 1. The molecule has 1 aliphatic rings. The highest BCUT2D eigenvalue weighted by Gasteiger charge is 2.22. The van der Waals surface area contributed by atoms with Crippen molar-refractivity contribution < 1.29 is 4.79 Å². The van der Waals surface area contributed by atoms with E-state index in [2.05, 4.69) is 41.2 Å². The SMILES string of the molecule is CC(C)(CCBr)NC(=O)c1cc2c(s1)CCCCC2. The van der Waals surface area contributed by atoms with Gasteiger partial charge in [0.05, 0.1) is 4.88 Å². The second-order valence-electron chi connectivity index (χ2n) is 5.90. The molecule has 1 aromatic rings. The van der Waals surface area contributed by atoms with Gasteiger partial charge in [0.1, 0.15) is 0 Å². The van der Waals surface area contributed by atoms with Gasteiger partial charge in [-0.2, -0.15) is 0 Å². The van der Waals surface area contributed by atoms with Gasteiger partial charge in [-0.05, 0) is 57.6 Å². The zero-order valence-electron chi connectivity index (χ0n) is 11.7. The summed E-state index contributed by atoms with van der Waals surface area (Å²) in [6, 6.07) is 2.12. The van der Waals surface area contributed by atoms with Gasteiger partial charge in [0.2, 0.25) is 0 Å². The van der Waals surface area contributed by atoms with Gasteiger partial charge in [-0.25, -0.2) is 0 Å². The van der Waals surface area contributed by atoms with Crippen LogP contribution in [0.4, 0.5) is 0 Å². The van der Waals surface area contributed by atoms with E-state index in [-0.39, 0.29) is 11.4 Å². The van der Waals surface area contributed by atoms with Crippen molar-refractivity contribution in [1.82, 2.24) is 5.32 Å². The van der Waals surface area contributed by atoms with E-state index in [4.69, 9.17) is 0 Å². The maximum Gasteiger partial charge on any atom is 0.261 e. The predicted octanol–water partition coefficient (Wildman–Crippen LogP) is 4.31. The minimum absolute atomic E-state index is 0.0871. The summed E-state index contributed by atoms with van der Waals surface area (Å²) in [7, 11) is 0. The quantitative estimate of drug-likeness (QED) is 0.640. The zero-order valence-corrected chi connectivity index (χ0v) is 14.1. The molecule has 2 nitrogen and oxygen atoms in total. The Morgan fingerprint density at radius 1 is 1.37 bits per heavy atom. The fraction of sp³-hybridized carbons (Fsp3) is 0.667. The third kappa shape index (κ3) is 4.06. The Bertz CT molecular complexity index is 429. The third-order valence-electron chi connectivity index (χ3n) is 3.64. The summed E-state index contributed by atoms with van der Waals surface area (Å²) in [5.74, 6) is 0.0871. The maximum absolute atomic E-state index is 12.3. The number of hydrogen-bond donors (Lipinski definition) is 1. The van der Waals surface area contributed by atoms with Crippen LogP contribution in [-0.2, 0) is 12.8 Å². The summed E-state index contributed by atoms with van der Waals surface area (Å²) < 4.78 is 0. The Morgan fingerprint density at radius 2 is 2.11 bits per heavy atom. The Morgan fingerprint density at radius 3 is 2.84 bits per heavy atom. The molecule has 0 atom stereocenters. The van der Waals surface area contributed by atoms with Crippen LogP contribution in [0.5, 0.6) is 0 Å². The van der Waals surface area contributed by atoms with Crippen LogP contribution in [0.25, 0.3) is 0 Å². The average molecular weight is 344 g/mol. The Hall–Kier alpha value is -0.350. The van der Waals surface area contributed by atoms with Gasteiger partial charge in [0.15, 0.2) is 0 Å². The molecule has 106 valence electrons. The first-order valence-corrected chi connectivity index (χ1v) is 8.96. The van der Waals surface area contributed by atoms with Crippen molar-refractivity contribution in [3.63, 3.8) is 0 Å². The first-order chi connectivity index (χ1) is 9.02. The number of amides is 1. The molecule has 4 heteroatoms. The maximum atomic E-state index is 12.3. The minimum atomic E-state index is -0.151. The average Bonchev–Trinajstić information content (AvgIpc) is 2.60. The smallest absolute Gasteiger partial charge is 0.261 e. The summed E-state index contributed by atoms with van der Waals surface area (Å²) >= 11 is 5.13. The number of nitrogens with one attached hydrogen (secondary N) is 1. The second kappa shape index (κ2) is 6.40. The van der Waals surface area contributed by atoms with Crippen molar-refractivity contribution in [3.05, 3.63) is 21.4 Å². The number of aryl methyl sites for hydroxylation is 2. The van der Waals surface area contributed by atoms with Gasteiger partial charge in [-0.3, -0.25) is 4.79 Å². The lowest BCUT2D eigenvalue weighted by atomic mass is 10.0. The number of hydrogen-bond acceptors (Lipinski definition) is 2. The van der Waals surface area contributed by atoms with Gasteiger partial charge < -0.3 is 5.32 Å². The van der Waals surface area contributed by atoms with E-state index < -0.39 is 0 Å². The van der Waals surface area contributed by atoms with Gasteiger partial charge >= 0.3 is 0 Å². The lowest BCUT2D eigenvalue weighted by Crippen LogP contribution is -2.43. The molecule has 1 N–H and O–H groups in total. The van der Waals surface area contributed by atoms with Gasteiger partial charge in [-0.15, -0.1) is 11.3 Å². The van der Waals surface area contributed by atoms with Crippen LogP contribution in [0.15, 0.2) is 6.07 Å². The highest BCUT2D eigenvalue weighted by Crippen LogP contribution is 2.29. The number of carbonyl (C=O) groups excluding carboxylic acids is 1. The van der Waals surface area contributed by atoms with E-state index in [0.717, 1.165) is 29.5 Å². The van der Waals surface area contributed by atoms with E-state index in [1.54, 1.807) is 11.3 Å². The van der Waals surface area contributed by atoms with Crippen LogP contribution in [-0.4, -0.2) is 16.8 Å². The van der Waals surface area contributed by atoms with Crippen LogP contribution in [0.3, 0.4) is 0 Å². The van der Waals surface area contributed by atoms with E-state index in [1.165, 1.54) is 29.7 Å².